The van der Waals surface area contributed by atoms with Crippen molar-refractivity contribution in [2.45, 2.75) is 20.3 Å². The summed E-state index contributed by atoms with van der Waals surface area (Å²) in [5, 5.41) is 0. The third-order valence-corrected chi connectivity index (χ3v) is 0.893. The first kappa shape index (κ1) is 10.2. The average molecular weight is 149 g/mol. The van der Waals surface area contributed by atoms with Gasteiger partial charge in [-0.15, -0.1) is 0 Å². The molecule has 0 aromatic carbocycles. The summed E-state index contributed by atoms with van der Waals surface area (Å²) in [6.07, 6.45) is 1.08. The Morgan fingerprint density at radius 2 is 2.00 bits per heavy atom. The molecule has 47 valence electrons. The van der Waals surface area contributed by atoms with Gasteiger partial charge in [-0.3, -0.25) is 4.99 Å². The maximum absolute atomic E-state index is 3.92. The summed E-state index contributed by atoms with van der Waals surface area (Å²) >= 11 is 0. The smallest absolute Gasteiger partial charge is 0.0276 e. The van der Waals surface area contributed by atoms with E-state index in [1.165, 1.54) is 5.71 Å². The summed E-state index contributed by atoms with van der Waals surface area (Å²) in [5.74, 6) is 0. The number of hydrogen-bond donors (Lipinski definition) is 0. The predicted molar refractivity (Wildman–Crippen MR) is 29.3 cm³/mol. The molecule has 7 heavy (non-hydrogen) atoms. The van der Waals surface area contributed by atoms with Crippen molar-refractivity contribution in [3.63, 3.8) is 0 Å². The van der Waals surface area contributed by atoms with E-state index in [-0.39, 0.29) is 17.1 Å². The number of nitrogens with zero attached hydrogens (tertiary/aromatic N) is 1. The quantitative estimate of drug-likeness (QED) is 0.395. The Bertz CT molecular complexity index is 59.1. The second kappa shape index (κ2) is 6.19. The van der Waals surface area contributed by atoms with Crippen molar-refractivity contribution in [2.75, 3.05) is 7.05 Å². The zero-order valence-corrected chi connectivity index (χ0v) is 5.90. The van der Waals surface area contributed by atoms with Crippen LogP contribution in [0.15, 0.2) is 4.99 Å². The van der Waals surface area contributed by atoms with Gasteiger partial charge < -0.3 is 0 Å². The standard InChI is InChI=1S/C5H11N.Cu/c1-4-5(2)6-3;/h4H2,1-3H3;. The Morgan fingerprint density at radius 3 is 2.00 bits per heavy atom. The Kier molecular flexibility index (Phi) is 9.04. The van der Waals surface area contributed by atoms with Crippen LogP contribution in [0.2, 0.25) is 0 Å². The van der Waals surface area contributed by atoms with E-state index < -0.39 is 0 Å². The van der Waals surface area contributed by atoms with Gasteiger partial charge in [0.05, 0.1) is 0 Å². The van der Waals surface area contributed by atoms with Crippen LogP contribution < -0.4 is 0 Å². The van der Waals surface area contributed by atoms with Crippen LogP contribution in [0.25, 0.3) is 0 Å². The van der Waals surface area contributed by atoms with Gasteiger partial charge in [-0.05, 0) is 13.3 Å². The molecule has 0 rings (SSSR count). The van der Waals surface area contributed by atoms with Crippen LogP contribution in [0.3, 0.4) is 0 Å². The van der Waals surface area contributed by atoms with Crippen molar-refractivity contribution in [3.8, 4) is 0 Å². The second-order valence-corrected chi connectivity index (χ2v) is 1.31. The number of hydrogen-bond acceptors (Lipinski definition) is 1. The minimum absolute atomic E-state index is 0. The van der Waals surface area contributed by atoms with Crippen molar-refractivity contribution in [3.05, 3.63) is 0 Å². The van der Waals surface area contributed by atoms with Crippen LogP contribution in [-0.2, 0) is 17.1 Å². The Labute approximate surface area is 55.7 Å². The van der Waals surface area contributed by atoms with E-state index in [1.54, 1.807) is 0 Å². The van der Waals surface area contributed by atoms with Crippen molar-refractivity contribution < 1.29 is 17.1 Å². The van der Waals surface area contributed by atoms with Crippen molar-refractivity contribution in [1.82, 2.24) is 0 Å². The zero-order valence-electron chi connectivity index (χ0n) is 4.96. The van der Waals surface area contributed by atoms with Gasteiger partial charge in [0.2, 0.25) is 0 Å². The monoisotopic (exact) mass is 148 g/mol. The fourth-order valence-electron chi connectivity index (χ4n) is 0.158. The molecule has 1 radical (unpaired) electrons. The molecule has 0 bridgehead atoms. The van der Waals surface area contributed by atoms with E-state index in [2.05, 4.69) is 11.9 Å². The van der Waals surface area contributed by atoms with Crippen molar-refractivity contribution >= 4 is 5.71 Å². The molecular formula is C5H11CuN. The topological polar surface area (TPSA) is 12.4 Å². The Hall–Kier alpha value is 0.189. The van der Waals surface area contributed by atoms with Crippen LogP contribution in [0.1, 0.15) is 20.3 Å². The van der Waals surface area contributed by atoms with Gasteiger partial charge in [-0.25, -0.2) is 0 Å². The molecule has 0 aliphatic heterocycles. The van der Waals surface area contributed by atoms with Gasteiger partial charge >= 0.3 is 0 Å². The minimum atomic E-state index is 0. The molecule has 0 N–H and O–H groups in total. The molecule has 1 nitrogen and oxygen atoms in total. The molecule has 0 unspecified atom stereocenters. The normalized spacial score (nSPS) is 10.4. The van der Waals surface area contributed by atoms with Gasteiger partial charge in [0.25, 0.3) is 0 Å². The van der Waals surface area contributed by atoms with Gasteiger partial charge in [-0.1, -0.05) is 6.92 Å². The van der Waals surface area contributed by atoms with Gasteiger partial charge in [0.15, 0.2) is 0 Å². The first-order valence-electron chi connectivity index (χ1n) is 2.23. The van der Waals surface area contributed by atoms with Crippen LogP contribution in [0.4, 0.5) is 0 Å². The predicted octanol–water partition coefficient (Wildman–Crippen LogP) is 1.48. The number of aliphatic imine (C=N–C) groups is 1. The fraction of sp³-hybridized carbons (Fsp3) is 0.800. The largest absolute Gasteiger partial charge is 0.298 e. The van der Waals surface area contributed by atoms with Gasteiger partial charge in [0, 0.05) is 29.8 Å². The summed E-state index contributed by atoms with van der Waals surface area (Å²) in [5.41, 5.74) is 1.22. The molecule has 0 heterocycles. The SMILES string of the molecule is CCC(C)=NC.[Cu]. The van der Waals surface area contributed by atoms with Crippen LogP contribution >= 0.6 is 0 Å². The van der Waals surface area contributed by atoms with Crippen molar-refractivity contribution in [1.29, 1.82) is 0 Å². The minimum Gasteiger partial charge on any atom is -0.298 e. The Morgan fingerprint density at radius 1 is 1.57 bits per heavy atom. The van der Waals surface area contributed by atoms with E-state index in [4.69, 9.17) is 0 Å². The average Bonchev–Trinajstić information content (AvgIpc) is 1.65. The molecule has 0 atom stereocenters. The summed E-state index contributed by atoms with van der Waals surface area (Å²) in [6, 6.07) is 0. The number of rotatable bonds is 1. The molecule has 0 aliphatic carbocycles. The van der Waals surface area contributed by atoms with E-state index in [9.17, 15) is 0 Å². The summed E-state index contributed by atoms with van der Waals surface area (Å²) in [7, 11) is 1.82. The first-order valence-corrected chi connectivity index (χ1v) is 2.23. The molecule has 2 heteroatoms. The van der Waals surface area contributed by atoms with E-state index in [0.717, 1.165) is 6.42 Å². The fourth-order valence-corrected chi connectivity index (χ4v) is 0.158. The van der Waals surface area contributed by atoms with Crippen LogP contribution in [0, 0.1) is 0 Å². The molecule has 0 aromatic heterocycles. The third-order valence-electron chi connectivity index (χ3n) is 0.893. The second-order valence-electron chi connectivity index (χ2n) is 1.31. The molecule has 0 fully saturated rings. The molecule has 0 aromatic rings. The molecule has 0 saturated heterocycles. The van der Waals surface area contributed by atoms with Gasteiger partial charge in [0.1, 0.15) is 0 Å². The molecule has 0 saturated carbocycles. The molecule has 0 amide bonds. The van der Waals surface area contributed by atoms with Crippen molar-refractivity contribution in [2.24, 2.45) is 4.99 Å². The zero-order chi connectivity index (χ0) is 4.99. The van der Waals surface area contributed by atoms with E-state index in [0.29, 0.717) is 0 Å². The van der Waals surface area contributed by atoms with Crippen LogP contribution in [-0.4, -0.2) is 12.8 Å². The first-order chi connectivity index (χ1) is 2.81. The molecule has 0 aliphatic rings. The van der Waals surface area contributed by atoms with Gasteiger partial charge in [-0.2, -0.15) is 0 Å². The summed E-state index contributed by atoms with van der Waals surface area (Å²) < 4.78 is 0. The van der Waals surface area contributed by atoms with E-state index >= 15 is 0 Å². The molecule has 0 spiro atoms. The van der Waals surface area contributed by atoms with E-state index in [1.807, 2.05) is 14.0 Å². The maximum atomic E-state index is 3.92. The molecular weight excluding hydrogens is 138 g/mol. The summed E-state index contributed by atoms with van der Waals surface area (Å²) in [6.45, 7) is 4.13. The maximum Gasteiger partial charge on any atom is 0.0276 e. The Balaban J connectivity index is 0. The summed E-state index contributed by atoms with van der Waals surface area (Å²) in [4.78, 5) is 3.92. The third kappa shape index (κ3) is 6.19. The van der Waals surface area contributed by atoms with Crippen LogP contribution in [0.5, 0.6) is 0 Å².